The maximum Gasteiger partial charge on any atom is 0.277 e. The summed E-state index contributed by atoms with van der Waals surface area (Å²) in [6.45, 7) is 0. The number of hydrogen-bond donors (Lipinski definition) is 0. The first-order valence-corrected chi connectivity index (χ1v) is 10.0. The first-order chi connectivity index (χ1) is 14.4. The quantitative estimate of drug-likeness (QED) is 0.410. The summed E-state index contributed by atoms with van der Waals surface area (Å²) in [7, 11) is 5.78. The second-order valence-electron chi connectivity index (χ2n) is 5.88. The Morgan fingerprint density at radius 1 is 0.867 bits per heavy atom. The van der Waals surface area contributed by atoms with Crippen LogP contribution in [0.4, 0.5) is 5.69 Å². The van der Waals surface area contributed by atoms with Crippen molar-refractivity contribution in [1.29, 1.82) is 0 Å². The molecule has 10 heteroatoms. The average molecular weight is 437 g/mol. The predicted octanol–water partition coefficient (Wildman–Crippen LogP) is 3.56. The minimum atomic E-state index is -1.54. The maximum atomic E-state index is 12.6. The molecule has 0 fully saturated rings. The van der Waals surface area contributed by atoms with E-state index in [9.17, 15) is 14.3 Å². The van der Waals surface area contributed by atoms with Gasteiger partial charge >= 0.3 is 0 Å². The van der Waals surface area contributed by atoms with Gasteiger partial charge in [-0.25, -0.2) is 0 Å². The minimum absolute atomic E-state index is 0.0718. The summed E-state index contributed by atoms with van der Waals surface area (Å²) in [5.41, 5.74) is 0.743. The molecule has 0 heterocycles. The normalized spacial score (nSPS) is 11.8. The number of benzene rings is 2. The van der Waals surface area contributed by atoms with E-state index in [-0.39, 0.29) is 22.8 Å². The third-order valence-corrected chi connectivity index (χ3v) is 5.21. The molecular weight excluding hydrogens is 414 g/mol. The second-order valence-corrected chi connectivity index (χ2v) is 7.20. The van der Waals surface area contributed by atoms with Crippen LogP contribution in [0, 0.1) is 10.1 Å². The molecule has 0 bridgehead atoms. The van der Waals surface area contributed by atoms with E-state index in [2.05, 4.69) is 0 Å². The molecule has 0 saturated carbocycles. The molecule has 0 radical (unpaired) electrons. The average Bonchev–Trinajstić information content (AvgIpc) is 2.76. The van der Waals surface area contributed by atoms with Gasteiger partial charge in [-0.1, -0.05) is 0 Å². The SMILES string of the molecule is COc1cc(CS(=O)/C=C/c2cc(OC)c(OC)c(OC)c2)c([N+](=O)[O-])cc1OC. The van der Waals surface area contributed by atoms with E-state index in [0.29, 0.717) is 28.6 Å². The molecule has 0 spiro atoms. The third kappa shape index (κ3) is 5.20. The zero-order chi connectivity index (χ0) is 22.3. The fourth-order valence-electron chi connectivity index (χ4n) is 2.75. The van der Waals surface area contributed by atoms with Crippen molar-refractivity contribution in [2.24, 2.45) is 0 Å². The molecule has 0 aliphatic carbocycles. The highest BCUT2D eigenvalue weighted by Gasteiger charge is 2.20. The Hall–Kier alpha value is -3.27. The summed E-state index contributed by atoms with van der Waals surface area (Å²) in [6.07, 6.45) is 1.62. The van der Waals surface area contributed by atoms with E-state index in [0.717, 1.165) is 0 Å². The van der Waals surface area contributed by atoms with Crippen molar-refractivity contribution >= 4 is 22.6 Å². The number of methoxy groups -OCH3 is 5. The van der Waals surface area contributed by atoms with Crippen LogP contribution in [-0.2, 0) is 16.6 Å². The summed E-state index contributed by atoms with van der Waals surface area (Å²) in [6, 6.07) is 6.12. The van der Waals surface area contributed by atoms with Crippen molar-refractivity contribution in [2.75, 3.05) is 35.5 Å². The van der Waals surface area contributed by atoms with Gasteiger partial charge in [0.2, 0.25) is 5.75 Å². The number of nitro benzene ring substituents is 1. The molecule has 0 aliphatic heterocycles. The number of nitro groups is 1. The molecule has 0 aromatic heterocycles. The third-order valence-electron chi connectivity index (χ3n) is 4.18. The van der Waals surface area contributed by atoms with E-state index in [4.69, 9.17) is 23.7 Å². The van der Waals surface area contributed by atoms with Crippen LogP contribution in [0.1, 0.15) is 11.1 Å². The largest absolute Gasteiger partial charge is 0.493 e. The zero-order valence-electron chi connectivity index (χ0n) is 17.3. The van der Waals surface area contributed by atoms with E-state index in [1.807, 2.05) is 0 Å². The molecule has 0 N–H and O–H groups in total. The van der Waals surface area contributed by atoms with Gasteiger partial charge in [-0.05, 0) is 29.8 Å². The van der Waals surface area contributed by atoms with Gasteiger partial charge in [-0.15, -0.1) is 0 Å². The molecule has 1 atom stereocenters. The molecule has 0 aliphatic rings. The van der Waals surface area contributed by atoms with E-state index in [1.54, 1.807) is 18.2 Å². The van der Waals surface area contributed by atoms with Gasteiger partial charge in [0.25, 0.3) is 5.69 Å². The number of nitrogens with zero attached hydrogens (tertiary/aromatic N) is 1. The van der Waals surface area contributed by atoms with Gasteiger partial charge in [0.05, 0.1) is 63.1 Å². The van der Waals surface area contributed by atoms with Crippen LogP contribution in [0.2, 0.25) is 0 Å². The lowest BCUT2D eigenvalue weighted by Crippen LogP contribution is -2.01. The Kier molecular flexibility index (Phi) is 8.05. The van der Waals surface area contributed by atoms with Crippen LogP contribution >= 0.6 is 0 Å². The van der Waals surface area contributed by atoms with E-state index in [1.165, 1.54) is 53.1 Å². The summed E-state index contributed by atoms with van der Waals surface area (Å²) in [4.78, 5) is 10.9. The lowest BCUT2D eigenvalue weighted by molar-refractivity contribution is -0.385. The summed E-state index contributed by atoms with van der Waals surface area (Å²) >= 11 is 0. The molecule has 2 aromatic carbocycles. The van der Waals surface area contributed by atoms with Gasteiger partial charge in [-0.3, -0.25) is 14.3 Å². The van der Waals surface area contributed by atoms with Gasteiger partial charge in [-0.2, -0.15) is 0 Å². The van der Waals surface area contributed by atoms with Gasteiger partial charge in [0, 0.05) is 11.0 Å². The highest BCUT2D eigenvalue weighted by molar-refractivity contribution is 7.87. The highest BCUT2D eigenvalue weighted by Crippen LogP contribution is 2.39. The van der Waals surface area contributed by atoms with Crippen LogP contribution in [0.5, 0.6) is 28.7 Å². The van der Waals surface area contributed by atoms with E-state index < -0.39 is 15.7 Å². The summed E-state index contributed by atoms with van der Waals surface area (Å²) in [5, 5.41) is 12.8. The fourth-order valence-corrected chi connectivity index (χ4v) is 3.69. The fraction of sp³-hybridized carbons (Fsp3) is 0.300. The molecule has 0 saturated heterocycles. The second kappa shape index (κ2) is 10.5. The van der Waals surface area contributed by atoms with Crippen molar-refractivity contribution in [3.63, 3.8) is 0 Å². The van der Waals surface area contributed by atoms with Crippen molar-refractivity contribution < 1.29 is 32.8 Å². The smallest absolute Gasteiger partial charge is 0.277 e. The molecule has 1 unspecified atom stereocenters. The van der Waals surface area contributed by atoms with Crippen LogP contribution in [0.25, 0.3) is 6.08 Å². The summed E-state index contributed by atoms with van der Waals surface area (Å²) < 4.78 is 38.7. The Morgan fingerprint density at radius 3 is 1.87 bits per heavy atom. The van der Waals surface area contributed by atoms with Gasteiger partial charge in [0.15, 0.2) is 23.0 Å². The molecular formula is C20H23NO8S. The maximum absolute atomic E-state index is 12.6. The molecule has 2 aromatic rings. The van der Waals surface area contributed by atoms with Crippen molar-refractivity contribution in [3.8, 4) is 28.7 Å². The Morgan fingerprint density at radius 2 is 1.40 bits per heavy atom. The van der Waals surface area contributed by atoms with Gasteiger partial charge < -0.3 is 23.7 Å². The Bertz CT molecular complexity index is 949. The molecule has 2 rings (SSSR count). The Balaban J connectivity index is 2.31. The number of ether oxygens (including phenoxy) is 5. The van der Waals surface area contributed by atoms with Gasteiger partial charge in [0.1, 0.15) is 0 Å². The topological polar surface area (TPSA) is 106 Å². The zero-order valence-corrected chi connectivity index (χ0v) is 18.1. The molecule has 162 valence electrons. The number of rotatable bonds is 10. The monoisotopic (exact) mass is 437 g/mol. The van der Waals surface area contributed by atoms with Crippen LogP contribution in [0.3, 0.4) is 0 Å². The minimum Gasteiger partial charge on any atom is -0.493 e. The Labute approximate surface area is 176 Å². The lowest BCUT2D eigenvalue weighted by Gasteiger charge is -2.12. The van der Waals surface area contributed by atoms with Crippen molar-refractivity contribution in [2.45, 2.75) is 5.75 Å². The van der Waals surface area contributed by atoms with Crippen LogP contribution < -0.4 is 23.7 Å². The highest BCUT2D eigenvalue weighted by atomic mass is 32.2. The summed E-state index contributed by atoms with van der Waals surface area (Å²) in [5.74, 6) is 1.84. The first-order valence-electron chi connectivity index (χ1n) is 8.63. The van der Waals surface area contributed by atoms with Crippen molar-refractivity contribution in [1.82, 2.24) is 0 Å². The standard InChI is InChI=1S/C20H23NO8S/c1-25-16-10-14(15(21(22)23)11-17(16)26-2)12-30(24)7-6-13-8-18(27-3)20(29-5)19(9-13)28-4/h6-11H,12H2,1-5H3/b7-6+. The number of hydrogen-bond acceptors (Lipinski definition) is 8. The molecule has 30 heavy (non-hydrogen) atoms. The van der Waals surface area contributed by atoms with Crippen LogP contribution in [-0.4, -0.2) is 44.7 Å². The lowest BCUT2D eigenvalue weighted by atomic mass is 10.2. The first kappa shape index (κ1) is 23.0. The van der Waals surface area contributed by atoms with E-state index >= 15 is 0 Å². The molecule has 9 nitrogen and oxygen atoms in total. The predicted molar refractivity (Wildman–Crippen MR) is 113 cm³/mol. The van der Waals surface area contributed by atoms with Crippen LogP contribution in [0.15, 0.2) is 29.7 Å². The van der Waals surface area contributed by atoms with Crippen molar-refractivity contribution in [3.05, 3.63) is 50.9 Å². The molecule has 0 amide bonds.